The number of aromatic nitrogens is 1. The minimum absolute atomic E-state index is 0.612. The van der Waals surface area contributed by atoms with Crippen LogP contribution in [0.25, 0.3) is 0 Å². The van der Waals surface area contributed by atoms with Crippen molar-refractivity contribution >= 4 is 22.9 Å². The molecule has 0 aliphatic heterocycles. The normalized spacial score (nSPS) is 13.6. The van der Waals surface area contributed by atoms with Crippen molar-refractivity contribution in [1.29, 1.82) is 0 Å². The summed E-state index contributed by atoms with van der Waals surface area (Å²) in [6.07, 6.45) is 3.02. The molecule has 0 saturated heterocycles. The Hall–Kier alpha value is -0.120. The molecule has 1 rings (SSSR count). The third-order valence-corrected chi connectivity index (χ3v) is 3.37. The highest BCUT2D eigenvalue weighted by molar-refractivity contribution is 7.15. The van der Waals surface area contributed by atoms with E-state index in [0.29, 0.717) is 10.5 Å². The fourth-order valence-corrected chi connectivity index (χ4v) is 2.11. The van der Waals surface area contributed by atoms with Crippen LogP contribution in [-0.2, 0) is 6.54 Å². The van der Waals surface area contributed by atoms with Gasteiger partial charge in [-0.3, -0.25) is 4.90 Å². The summed E-state index contributed by atoms with van der Waals surface area (Å²) in [6.45, 7) is 5.36. The number of hydrogen-bond donors (Lipinski definition) is 0. The van der Waals surface area contributed by atoms with Crippen molar-refractivity contribution in [1.82, 2.24) is 9.88 Å². The molecule has 0 radical (unpaired) electrons. The molecular weight excluding hydrogens is 204 g/mol. The molecule has 0 aromatic carbocycles. The molecule has 1 heterocycles. The Balaban J connectivity index is 2.49. The van der Waals surface area contributed by atoms with Gasteiger partial charge in [-0.2, -0.15) is 0 Å². The minimum Gasteiger partial charge on any atom is -0.299 e. The van der Waals surface area contributed by atoms with E-state index in [1.165, 1.54) is 11.3 Å². The number of thiazole rings is 1. The number of halogens is 1. The Bertz CT molecular complexity index is 262. The van der Waals surface area contributed by atoms with Crippen molar-refractivity contribution in [3.63, 3.8) is 0 Å². The number of hydrogen-bond acceptors (Lipinski definition) is 3. The number of rotatable bonds is 4. The highest BCUT2D eigenvalue weighted by Gasteiger charge is 2.08. The largest absolute Gasteiger partial charge is 0.299 e. The third kappa shape index (κ3) is 3.25. The third-order valence-electron chi connectivity index (χ3n) is 2.27. The molecule has 74 valence electrons. The summed E-state index contributed by atoms with van der Waals surface area (Å²) < 4.78 is 0.632. The van der Waals surface area contributed by atoms with Crippen LogP contribution in [0, 0.1) is 0 Å². The van der Waals surface area contributed by atoms with Gasteiger partial charge in [-0.25, -0.2) is 4.98 Å². The van der Waals surface area contributed by atoms with E-state index in [4.69, 9.17) is 11.6 Å². The van der Waals surface area contributed by atoms with Crippen LogP contribution in [0.3, 0.4) is 0 Å². The first-order valence-electron chi connectivity index (χ1n) is 4.44. The van der Waals surface area contributed by atoms with Crippen molar-refractivity contribution in [3.05, 3.63) is 15.5 Å². The maximum Gasteiger partial charge on any atom is 0.183 e. The van der Waals surface area contributed by atoms with E-state index in [9.17, 15) is 0 Å². The molecule has 1 aromatic rings. The van der Waals surface area contributed by atoms with Crippen LogP contribution in [0.15, 0.2) is 6.20 Å². The average Bonchev–Trinajstić information content (AvgIpc) is 2.49. The lowest BCUT2D eigenvalue weighted by Crippen LogP contribution is -2.27. The Morgan fingerprint density at radius 1 is 1.69 bits per heavy atom. The van der Waals surface area contributed by atoms with Crippen molar-refractivity contribution in [3.8, 4) is 0 Å². The molecule has 1 aromatic heterocycles. The van der Waals surface area contributed by atoms with Crippen molar-refractivity contribution < 1.29 is 0 Å². The molecule has 0 aliphatic carbocycles. The van der Waals surface area contributed by atoms with Gasteiger partial charge in [-0.1, -0.05) is 18.5 Å². The summed E-state index contributed by atoms with van der Waals surface area (Å²) in [7, 11) is 2.13. The molecule has 0 spiro atoms. The lowest BCUT2D eigenvalue weighted by molar-refractivity contribution is 0.246. The van der Waals surface area contributed by atoms with Crippen LogP contribution in [0.5, 0.6) is 0 Å². The molecule has 2 nitrogen and oxygen atoms in total. The Morgan fingerprint density at radius 3 is 2.85 bits per heavy atom. The van der Waals surface area contributed by atoms with Gasteiger partial charge < -0.3 is 0 Å². The smallest absolute Gasteiger partial charge is 0.183 e. The SMILES string of the molecule is CCC(C)N(C)Cc1cnc(Cl)s1. The first kappa shape index (κ1) is 11.0. The standard InChI is InChI=1S/C9H15ClN2S/c1-4-7(2)12(3)6-8-5-11-9(10)13-8/h5,7H,4,6H2,1-3H3. The highest BCUT2D eigenvalue weighted by Crippen LogP contribution is 2.19. The van der Waals surface area contributed by atoms with E-state index >= 15 is 0 Å². The first-order valence-corrected chi connectivity index (χ1v) is 5.63. The van der Waals surface area contributed by atoms with Crippen LogP contribution in [0.1, 0.15) is 25.1 Å². The molecule has 1 unspecified atom stereocenters. The summed E-state index contributed by atoms with van der Waals surface area (Å²) >= 11 is 7.30. The van der Waals surface area contributed by atoms with Crippen molar-refractivity contribution in [2.45, 2.75) is 32.9 Å². The monoisotopic (exact) mass is 218 g/mol. The van der Waals surface area contributed by atoms with Gasteiger partial charge in [0.1, 0.15) is 0 Å². The van der Waals surface area contributed by atoms with Crippen LogP contribution in [-0.4, -0.2) is 23.0 Å². The Morgan fingerprint density at radius 2 is 2.38 bits per heavy atom. The predicted molar refractivity (Wildman–Crippen MR) is 58.3 cm³/mol. The lowest BCUT2D eigenvalue weighted by Gasteiger charge is -2.22. The van der Waals surface area contributed by atoms with E-state index < -0.39 is 0 Å². The second-order valence-electron chi connectivity index (χ2n) is 3.25. The van der Waals surface area contributed by atoms with Gasteiger partial charge in [-0.05, 0) is 20.4 Å². The van der Waals surface area contributed by atoms with Gasteiger partial charge >= 0.3 is 0 Å². The quantitative estimate of drug-likeness (QED) is 0.773. The zero-order valence-corrected chi connectivity index (χ0v) is 9.82. The molecule has 0 fully saturated rings. The number of nitrogens with zero attached hydrogens (tertiary/aromatic N) is 2. The van der Waals surface area contributed by atoms with Gasteiger partial charge in [0.25, 0.3) is 0 Å². The molecule has 13 heavy (non-hydrogen) atoms. The lowest BCUT2D eigenvalue weighted by atomic mass is 10.2. The summed E-state index contributed by atoms with van der Waals surface area (Å²) in [5, 5.41) is 0. The second-order valence-corrected chi connectivity index (χ2v) is 4.95. The molecule has 0 amide bonds. The first-order chi connectivity index (χ1) is 6.13. The Kier molecular flexibility index (Phi) is 4.16. The van der Waals surface area contributed by atoms with Gasteiger partial charge in [0, 0.05) is 23.7 Å². The fourth-order valence-electron chi connectivity index (χ4n) is 1.07. The summed E-state index contributed by atoms with van der Waals surface area (Å²) in [4.78, 5) is 7.55. The van der Waals surface area contributed by atoms with Crippen molar-refractivity contribution in [2.24, 2.45) is 0 Å². The summed E-state index contributed by atoms with van der Waals surface area (Å²) in [6, 6.07) is 0.612. The molecule has 0 bridgehead atoms. The van der Waals surface area contributed by atoms with E-state index in [1.54, 1.807) is 11.3 Å². The zero-order chi connectivity index (χ0) is 9.84. The van der Waals surface area contributed by atoms with Crippen molar-refractivity contribution in [2.75, 3.05) is 7.05 Å². The molecule has 1 atom stereocenters. The molecule has 4 heteroatoms. The summed E-state index contributed by atoms with van der Waals surface area (Å²) in [5.74, 6) is 0. The maximum atomic E-state index is 5.75. The Labute approximate surface area is 88.5 Å². The topological polar surface area (TPSA) is 16.1 Å². The highest BCUT2D eigenvalue weighted by atomic mass is 35.5. The zero-order valence-electron chi connectivity index (χ0n) is 8.25. The van der Waals surface area contributed by atoms with Gasteiger partial charge in [-0.15, -0.1) is 11.3 Å². The molecule has 0 saturated carbocycles. The summed E-state index contributed by atoms with van der Waals surface area (Å²) in [5.41, 5.74) is 0. The second kappa shape index (κ2) is 4.94. The molecule has 0 N–H and O–H groups in total. The van der Waals surface area contributed by atoms with E-state index in [2.05, 4.69) is 30.8 Å². The van der Waals surface area contributed by atoms with Gasteiger partial charge in [0.05, 0.1) is 0 Å². The van der Waals surface area contributed by atoms with Crippen LogP contribution in [0.2, 0.25) is 4.47 Å². The van der Waals surface area contributed by atoms with Crippen LogP contribution >= 0.6 is 22.9 Å². The van der Waals surface area contributed by atoms with Crippen LogP contribution in [0.4, 0.5) is 0 Å². The van der Waals surface area contributed by atoms with E-state index in [1.807, 2.05) is 6.20 Å². The maximum absolute atomic E-state index is 5.75. The molecular formula is C9H15ClN2S. The fraction of sp³-hybridized carbons (Fsp3) is 0.667. The van der Waals surface area contributed by atoms with E-state index in [-0.39, 0.29) is 0 Å². The predicted octanol–water partition coefficient (Wildman–Crippen LogP) is 3.03. The average molecular weight is 219 g/mol. The van der Waals surface area contributed by atoms with Gasteiger partial charge in [0.2, 0.25) is 0 Å². The van der Waals surface area contributed by atoms with Crippen LogP contribution < -0.4 is 0 Å². The van der Waals surface area contributed by atoms with E-state index in [0.717, 1.165) is 6.54 Å². The van der Waals surface area contributed by atoms with Gasteiger partial charge in [0.15, 0.2) is 4.47 Å². The molecule has 0 aliphatic rings. The minimum atomic E-state index is 0.612.